The van der Waals surface area contributed by atoms with E-state index in [1.807, 2.05) is 0 Å². The van der Waals surface area contributed by atoms with Crippen LogP contribution in [0, 0.1) is 0 Å². The van der Waals surface area contributed by atoms with E-state index in [9.17, 15) is 0 Å². The van der Waals surface area contributed by atoms with E-state index in [0.717, 1.165) is 0 Å². The van der Waals surface area contributed by atoms with Crippen LogP contribution in [0.1, 0.15) is 0 Å². The van der Waals surface area contributed by atoms with E-state index in [-0.39, 0.29) is 11.9 Å². The van der Waals surface area contributed by atoms with Gasteiger partial charge in [-0.15, -0.1) is 5.10 Å². The van der Waals surface area contributed by atoms with E-state index in [1.54, 1.807) is 6.20 Å². The summed E-state index contributed by atoms with van der Waals surface area (Å²) in [5.74, 6) is 0.797. The summed E-state index contributed by atoms with van der Waals surface area (Å²) in [5, 5.41) is 3.84. The predicted molar refractivity (Wildman–Crippen MR) is 45.8 cm³/mol. The van der Waals surface area contributed by atoms with Crippen LogP contribution in [0.15, 0.2) is 18.6 Å². The minimum Gasteiger partial charge on any atom is -0.368 e. The Bertz CT molecular complexity index is 406. The third kappa shape index (κ3) is 1.26. The van der Waals surface area contributed by atoms with Crippen molar-refractivity contribution >= 4 is 11.9 Å². The van der Waals surface area contributed by atoms with Crippen LogP contribution in [0.25, 0.3) is 5.82 Å². The number of rotatable bonds is 1. The van der Waals surface area contributed by atoms with E-state index in [4.69, 9.17) is 11.5 Å². The topological polar surface area (TPSA) is 109 Å². The highest BCUT2D eigenvalue weighted by Gasteiger charge is 2.06. The van der Waals surface area contributed by atoms with E-state index in [2.05, 4.69) is 20.1 Å². The van der Waals surface area contributed by atoms with Gasteiger partial charge in [-0.2, -0.15) is 9.67 Å². The van der Waals surface area contributed by atoms with Crippen LogP contribution in [0.3, 0.4) is 0 Å². The molecule has 0 radical (unpaired) electrons. The Labute approximate surface area is 73.4 Å². The maximum atomic E-state index is 5.51. The van der Waals surface area contributed by atoms with Crippen LogP contribution in [0.2, 0.25) is 0 Å². The first kappa shape index (κ1) is 7.47. The van der Waals surface area contributed by atoms with Crippen molar-refractivity contribution < 1.29 is 0 Å². The average molecular weight is 177 g/mol. The van der Waals surface area contributed by atoms with Gasteiger partial charge in [0.2, 0.25) is 11.9 Å². The third-order valence-electron chi connectivity index (χ3n) is 1.42. The summed E-state index contributed by atoms with van der Waals surface area (Å²) in [5.41, 5.74) is 10.9. The molecule has 0 aromatic carbocycles. The Hall–Kier alpha value is -2.18. The van der Waals surface area contributed by atoms with E-state index < -0.39 is 0 Å². The first-order valence-corrected chi connectivity index (χ1v) is 3.52. The quantitative estimate of drug-likeness (QED) is 0.591. The molecule has 7 nitrogen and oxygen atoms in total. The Morgan fingerprint density at radius 3 is 2.62 bits per heavy atom. The molecule has 0 saturated carbocycles. The molecule has 0 amide bonds. The Morgan fingerprint density at radius 2 is 2.08 bits per heavy atom. The number of nitrogens with two attached hydrogens (primary N) is 2. The van der Waals surface area contributed by atoms with Gasteiger partial charge in [0, 0.05) is 12.4 Å². The van der Waals surface area contributed by atoms with Gasteiger partial charge < -0.3 is 11.5 Å². The summed E-state index contributed by atoms with van der Waals surface area (Å²) in [6.45, 7) is 0. The zero-order valence-electron chi connectivity index (χ0n) is 6.62. The monoisotopic (exact) mass is 177 g/mol. The molecular formula is C6H7N7. The summed E-state index contributed by atoms with van der Waals surface area (Å²) >= 11 is 0. The van der Waals surface area contributed by atoms with Gasteiger partial charge in [-0.05, 0) is 0 Å². The molecule has 2 heterocycles. The molecule has 0 bridgehead atoms. The molecule has 0 fully saturated rings. The highest BCUT2D eigenvalue weighted by Crippen LogP contribution is 2.07. The molecule has 0 saturated heterocycles. The second-order valence-corrected chi connectivity index (χ2v) is 2.30. The largest absolute Gasteiger partial charge is 0.368 e. The average Bonchev–Trinajstić information content (AvgIpc) is 2.47. The second-order valence-electron chi connectivity index (χ2n) is 2.30. The SMILES string of the molecule is Nc1nc(N)n(-c2cnccn2)n1. The molecule has 4 N–H and O–H groups in total. The molecule has 2 aromatic heterocycles. The van der Waals surface area contributed by atoms with Crippen LogP contribution < -0.4 is 11.5 Å². The minimum atomic E-state index is 0.114. The van der Waals surface area contributed by atoms with Gasteiger partial charge in [-0.1, -0.05) is 0 Å². The van der Waals surface area contributed by atoms with Crippen molar-refractivity contribution in [3.8, 4) is 5.82 Å². The maximum absolute atomic E-state index is 5.51. The zero-order valence-corrected chi connectivity index (χ0v) is 6.62. The van der Waals surface area contributed by atoms with Gasteiger partial charge in [-0.3, -0.25) is 4.98 Å². The fraction of sp³-hybridized carbons (Fsp3) is 0. The second kappa shape index (κ2) is 2.70. The Morgan fingerprint density at radius 1 is 1.23 bits per heavy atom. The predicted octanol–water partition coefficient (Wildman–Crippen LogP) is -0.778. The number of anilines is 2. The molecule has 0 aliphatic rings. The molecule has 0 aliphatic heterocycles. The molecule has 66 valence electrons. The molecule has 7 heteroatoms. The third-order valence-corrected chi connectivity index (χ3v) is 1.42. The fourth-order valence-corrected chi connectivity index (χ4v) is 0.910. The highest BCUT2D eigenvalue weighted by atomic mass is 15.4. The van der Waals surface area contributed by atoms with Gasteiger partial charge in [-0.25, -0.2) is 4.98 Å². The van der Waals surface area contributed by atoms with Gasteiger partial charge >= 0.3 is 0 Å². The normalized spacial score (nSPS) is 10.2. The number of nitrogens with zero attached hydrogens (tertiary/aromatic N) is 5. The van der Waals surface area contributed by atoms with Gasteiger partial charge in [0.05, 0.1) is 6.20 Å². The Balaban J connectivity index is 2.53. The van der Waals surface area contributed by atoms with Gasteiger partial charge in [0.15, 0.2) is 5.82 Å². The molecule has 0 aliphatic carbocycles. The zero-order chi connectivity index (χ0) is 9.26. The lowest BCUT2D eigenvalue weighted by atomic mass is 10.6. The summed E-state index contributed by atoms with van der Waals surface area (Å²) in [6, 6.07) is 0. The molecular weight excluding hydrogens is 170 g/mol. The van der Waals surface area contributed by atoms with E-state index in [1.165, 1.54) is 17.1 Å². The van der Waals surface area contributed by atoms with Crippen molar-refractivity contribution in [3.63, 3.8) is 0 Å². The van der Waals surface area contributed by atoms with Crippen molar-refractivity contribution in [3.05, 3.63) is 18.6 Å². The summed E-state index contributed by atoms with van der Waals surface area (Å²) < 4.78 is 1.32. The lowest BCUT2D eigenvalue weighted by Crippen LogP contribution is -2.04. The highest BCUT2D eigenvalue weighted by molar-refractivity contribution is 5.34. The van der Waals surface area contributed by atoms with Crippen LogP contribution >= 0.6 is 0 Å². The first-order valence-electron chi connectivity index (χ1n) is 3.52. The maximum Gasteiger partial charge on any atom is 0.241 e. The van der Waals surface area contributed by atoms with Crippen molar-refractivity contribution in [2.75, 3.05) is 11.5 Å². The summed E-state index contributed by atoms with van der Waals surface area (Å²) in [4.78, 5) is 11.6. The first-order chi connectivity index (χ1) is 6.27. The van der Waals surface area contributed by atoms with E-state index >= 15 is 0 Å². The Kier molecular flexibility index (Phi) is 1.55. The molecule has 0 atom stereocenters. The smallest absolute Gasteiger partial charge is 0.241 e. The van der Waals surface area contributed by atoms with Crippen molar-refractivity contribution in [2.24, 2.45) is 0 Å². The lowest BCUT2D eigenvalue weighted by Gasteiger charge is -1.97. The number of aromatic nitrogens is 5. The van der Waals surface area contributed by atoms with E-state index in [0.29, 0.717) is 5.82 Å². The van der Waals surface area contributed by atoms with Crippen molar-refractivity contribution in [2.45, 2.75) is 0 Å². The molecule has 13 heavy (non-hydrogen) atoms. The molecule has 0 unspecified atom stereocenters. The van der Waals surface area contributed by atoms with Crippen molar-refractivity contribution in [1.29, 1.82) is 0 Å². The number of hydrogen-bond acceptors (Lipinski definition) is 6. The van der Waals surface area contributed by atoms with Crippen LogP contribution in [0.5, 0.6) is 0 Å². The summed E-state index contributed by atoms with van der Waals surface area (Å²) in [7, 11) is 0. The summed E-state index contributed by atoms with van der Waals surface area (Å²) in [6.07, 6.45) is 4.61. The standard InChI is InChI=1S/C6H7N7/c7-5-11-6(8)13(12-5)4-3-9-1-2-10-4/h1-3H,(H4,7,8,11,12). The molecule has 2 aromatic rings. The van der Waals surface area contributed by atoms with Gasteiger partial charge in [0.25, 0.3) is 0 Å². The lowest BCUT2D eigenvalue weighted by molar-refractivity contribution is 0.851. The fourth-order valence-electron chi connectivity index (χ4n) is 0.910. The minimum absolute atomic E-state index is 0.114. The van der Waals surface area contributed by atoms with Crippen LogP contribution in [-0.2, 0) is 0 Å². The number of nitrogen functional groups attached to an aromatic ring is 2. The molecule has 0 spiro atoms. The van der Waals surface area contributed by atoms with Gasteiger partial charge in [0.1, 0.15) is 0 Å². The van der Waals surface area contributed by atoms with Crippen LogP contribution in [0.4, 0.5) is 11.9 Å². The van der Waals surface area contributed by atoms with Crippen molar-refractivity contribution in [1.82, 2.24) is 24.7 Å². The molecule has 2 rings (SSSR count). The van der Waals surface area contributed by atoms with Crippen LogP contribution in [-0.4, -0.2) is 24.7 Å². The number of hydrogen-bond donors (Lipinski definition) is 2.